The van der Waals surface area contributed by atoms with Gasteiger partial charge in [0.15, 0.2) is 0 Å². The summed E-state index contributed by atoms with van der Waals surface area (Å²) in [5.74, 6) is -0.336. The van der Waals surface area contributed by atoms with Crippen molar-refractivity contribution in [1.29, 1.82) is 0 Å². The number of nitrogens with zero attached hydrogens (tertiary/aromatic N) is 2. The number of pyridine rings is 2. The van der Waals surface area contributed by atoms with Crippen LogP contribution in [0.15, 0.2) is 130 Å². The van der Waals surface area contributed by atoms with E-state index in [1.807, 2.05) is 99.6 Å². The number of hydrogen-bond acceptors (Lipinski definition) is 4. The predicted octanol–water partition coefficient (Wildman–Crippen LogP) is 11.8. The van der Waals surface area contributed by atoms with Gasteiger partial charge in [-0.1, -0.05) is 61.5 Å². The number of furan rings is 2. The molecule has 4 aromatic heterocycles. The summed E-state index contributed by atoms with van der Waals surface area (Å²) in [5.41, 5.74) is 5.82. The first-order valence-corrected chi connectivity index (χ1v) is 15.8. The summed E-state index contributed by atoms with van der Waals surface area (Å²) in [4.78, 5) is 8.77. The van der Waals surface area contributed by atoms with Crippen molar-refractivity contribution < 1.29 is 36.1 Å². The van der Waals surface area contributed by atoms with Crippen LogP contribution in [0.3, 0.4) is 0 Å². The zero-order valence-electron chi connectivity index (χ0n) is 29.0. The minimum absolute atomic E-state index is 0. The average molecular weight is 821 g/mol. The first kappa shape index (κ1) is 29.9. The third-order valence-corrected chi connectivity index (χ3v) is 8.18. The van der Waals surface area contributed by atoms with Gasteiger partial charge in [-0.3, -0.25) is 0 Å². The molecule has 0 atom stereocenters. The smallest absolute Gasteiger partial charge is 0.143 e. The summed E-state index contributed by atoms with van der Waals surface area (Å²) in [7, 11) is 0. The van der Waals surface area contributed by atoms with Gasteiger partial charge in [-0.05, 0) is 65.6 Å². The maximum Gasteiger partial charge on any atom is 0.143 e. The molecule has 6 heteroatoms. The molecule has 9 aromatic rings. The van der Waals surface area contributed by atoms with E-state index in [1.54, 1.807) is 30.6 Å². The molecule has 0 spiro atoms. The standard InChI is InChI=1S/C32H23FNO2.C11H8N.Ir/c1-32(2,3)17-18-13-14-34-27(15-18)26-6-4-5-21-23-11-12-24-25(30(23)36-31(21)26)10-9-22-20-8-7-19(33)16-28(20)35-29(22)24;1-2-6-10(7-3-1)11-8-4-5-9-12-11;/h4-5,7-16H,17H2,1-3H3;1-6,8-9H;/q2*-1;/i17D2;;. The molecule has 9 rings (SSSR count). The van der Waals surface area contributed by atoms with Crippen molar-refractivity contribution in [2.24, 2.45) is 5.41 Å². The first-order chi connectivity index (χ1) is 24.1. The van der Waals surface area contributed by atoms with E-state index in [9.17, 15) is 4.39 Å². The molecule has 0 aliphatic carbocycles. The van der Waals surface area contributed by atoms with Crippen LogP contribution in [0.1, 0.15) is 29.1 Å². The fourth-order valence-electron chi connectivity index (χ4n) is 6.16. The molecule has 0 N–H and O–H groups in total. The van der Waals surface area contributed by atoms with Crippen LogP contribution < -0.4 is 0 Å². The molecule has 4 nitrogen and oxygen atoms in total. The Kier molecular flexibility index (Phi) is 7.97. The maximum absolute atomic E-state index is 13.8. The molecule has 0 saturated heterocycles. The third kappa shape index (κ3) is 6.26. The second-order valence-corrected chi connectivity index (χ2v) is 12.7. The van der Waals surface area contributed by atoms with Crippen molar-refractivity contribution in [3.63, 3.8) is 0 Å². The monoisotopic (exact) mass is 821 g/mol. The first-order valence-electron chi connectivity index (χ1n) is 16.8. The zero-order valence-corrected chi connectivity index (χ0v) is 29.4. The number of fused-ring (bicyclic) bond motifs is 9. The minimum Gasteiger partial charge on any atom is -0.500 e. The quantitative estimate of drug-likeness (QED) is 0.167. The summed E-state index contributed by atoms with van der Waals surface area (Å²) in [5, 5.41) is 5.44. The van der Waals surface area contributed by atoms with Crippen LogP contribution in [0, 0.1) is 23.4 Å². The minimum atomic E-state index is -1.55. The molecule has 0 aliphatic rings. The fourth-order valence-corrected chi connectivity index (χ4v) is 6.16. The van der Waals surface area contributed by atoms with Crippen LogP contribution >= 0.6 is 0 Å². The molecule has 5 aromatic carbocycles. The van der Waals surface area contributed by atoms with Crippen LogP contribution in [0.5, 0.6) is 0 Å². The van der Waals surface area contributed by atoms with Gasteiger partial charge in [0.05, 0.1) is 5.58 Å². The Morgan fingerprint density at radius 1 is 0.653 bits per heavy atom. The number of rotatable bonds is 3. The molecule has 1 radical (unpaired) electrons. The van der Waals surface area contributed by atoms with E-state index >= 15 is 0 Å². The van der Waals surface area contributed by atoms with Gasteiger partial charge in [0.25, 0.3) is 0 Å². The second-order valence-electron chi connectivity index (χ2n) is 12.7. The average Bonchev–Trinajstić information content (AvgIpc) is 3.70. The Morgan fingerprint density at radius 2 is 1.33 bits per heavy atom. The van der Waals surface area contributed by atoms with E-state index in [0.29, 0.717) is 39.2 Å². The van der Waals surface area contributed by atoms with Crippen molar-refractivity contribution >= 4 is 54.6 Å². The fraction of sp³-hybridized carbons (Fsp3) is 0.116. The van der Waals surface area contributed by atoms with Gasteiger partial charge in [-0.15, -0.1) is 54.1 Å². The molecule has 243 valence electrons. The Balaban J connectivity index is 0.000000265. The normalized spacial score (nSPS) is 12.5. The largest absolute Gasteiger partial charge is 0.500 e. The van der Waals surface area contributed by atoms with Crippen LogP contribution in [0.25, 0.3) is 77.2 Å². The van der Waals surface area contributed by atoms with Crippen LogP contribution in [0.2, 0.25) is 0 Å². The van der Waals surface area contributed by atoms with Crippen molar-refractivity contribution in [3.8, 4) is 22.5 Å². The molecule has 49 heavy (non-hydrogen) atoms. The molecule has 0 saturated carbocycles. The Hall–Kier alpha value is -5.16. The van der Waals surface area contributed by atoms with E-state index in [2.05, 4.69) is 22.1 Å². The molecule has 0 bridgehead atoms. The molecular formula is C43H31FIrN2O2-2. The Morgan fingerprint density at radius 3 is 2.02 bits per heavy atom. The summed E-state index contributed by atoms with van der Waals surface area (Å²) >= 11 is 0. The topological polar surface area (TPSA) is 52.1 Å². The van der Waals surface area contributed by atoms with Gasteiger partial charge in [0, 0.05) is 68.2 Å². The molecule has 0 aliphatic heterocycles. The van der Waals surface area contributed by atoms with Crippen molar-refractivity contribution in [3.05, 3.63) is 145 Å². The Bertz CT molecular complexity index is 2650. The van der Waals surface area contributed by atoms with E-state index in [0.717, 1.165) is 43.6 Å². The number of hydrogen-bond donors (Lipinski definition) is 0. The molecule has 0 unspecified atom stereocenters. The summed E-state index contributed by atoms with van der Waals surface area (Å²) in [6, 6.07) is 40.1. The van der Waals surface area contributed by atoms with Crippen molar-refractivity contribution in [1.82, 2.24) is 9.97 Å². The van der Waals surface area contributed by atoms with Crippen molar-refractivity contribution in [2.45, 2.75) is 27.1 Å². The van der Waals surface area contributed by atoms with Gasteiger partial charge in [-0.2, -0.15) is 0 Å². The SMILES string of the molecule is [2H]C([2H])(c1ccnc(-c2[c-]ccc3c2oc2c3ccc3c2ccc2c4ccc(F)cc4oc23)c1)C(C)(C)C.[Ir].[c-]1ccccc1-c1ccccn1. The van der Waals surface area contributed by atoms with Crippen molar-refractivity contribution in [2.75, 3.05) is 0 Å². The number of benzene rings is 5. The van der Waals surface area contributed by atoms with Crippen LogP contribution in [-0.4, -0.2) is 9.97 Å². The van der Waals surface area contributed by atoms with E-state index in [4.69, 9.17) is 11.6 Å². The van der Waals surface area contributed by atoms with Gasteiger partial charge in [-0.25, -0.2) is 4.39 Å². The number of halogens is 1. The van der Waals surface area contributed by atoms with E-state index in [-0.39, 0.29) is 25.9 Å². The predicted molar refractivity (Wildman–Crippen MR) is 192 cm³/mol. The van der Waals surface area contributed by atoms with Crippen LogP contribution in [0.4, 0.5) is 4.39 Å². The maximum atomic E-state index is 13.8. The van der Waals surface area contributed by atoms with E-state index < -0.39 is 11.8 Å². The zero-order chi connectivity index (χ0) is 34.6. The van der Waals surface area contributed by atoms with Gasteiger partial charge < -0.3 is 18.8 Å². The summed E-state index contributed by atoms with van der Waals surface area (Å²) in [6.07, 6.45) is 1.87. The molecule has 0 fully saturated rings. The molecule has 4 heterocycles. The summed E-state index contributed by atoms with van der Waals surface area (Å²) in [6.45, 7) is 5.67. The third-order valence-electron chi connectivity index (χ3n) is 8.18. The van der Waals surface area contributed by atoms with Crippen LogP contribution in [-0.2, 0) is 26.5 Å². The van der Waals surface area contributed by atoms with E-state index in [1.165, 1.54) is 12.1 Å². The van der Waals surface area contributed by atoms with Gasteiger partial charge in [0.1, 0.15) is 22.6 Å². The second kappa shape index (κ2) is 13.0. The molecular weight excluding hydrogens is 788 g/mol. The molecule has 0 amide bonds. The van der Waals surface area contributed by atoms with Gasteiger partial charge in [0.2, 0.25) is 0 Å². The Labute approximate surface area is 299 Å². The van der Waals surface area contributed by atoms with Gasteiger partial charge >= 0.3 is 0 Å². The summed E-state index contributed by atoms with van der Waals surface area (Å²) < 4.78 is 43.9. The number of aromatic nitrogens is 2.